The quantitative estimate of drug-likeness (QED) is 0.427. The largest absolute Gasteiger partial charge is 0.369 e. The second-order valence-electron chi connectivity index (χ2n) is 9.70. The number of hydrogen-bond acceptors (Lipinski definition) is 4. The zero-order chi connectivity index (χ0) is 24.5. The molecule has 2 aromatic carbocycles. The van der Waals surface area contributed by atoms with Crippen molar-refractivity contribution in [2.45, 2.75) is 32.2 Å². The van der Waals surface area contributed by atoms with Crippen molar-refractivity contribution < 1.29 is 8.78 Å². The number of piperazine rings is 1. The van der Waals surface area contributed by atoms with E-state index in [2.05, 4.69) is 57.2 Å². The second kappa shape index (κ2) is 10.2. The maximum atomic E-state index is 13.7. The predicted octanol–water partition coefficient (Wildman–Crippen LogP) is 6.04. The molecule has 2 saturated heterocycles. The van der Waals surface area contributed by atoms with Crippen LogP contribution in [-0.4, -0.2) is 61.0 Å². The van der Waals surface area contributed by atoms with Gasteiger partial charge >= 0.3 is 0 Å². The highest BCUT2D eigenvalue weighted by Crippen LogP contribution is 2.38. The number of rotatable bonds is 5. The minimum Gasteiger partial charge on any atom is -0.369 e. The molecule has 1 atom stereocenters. The van der Waals surface area contributed by atoms with E-state index in [-0.39, 0.29) is 11.7 Å². The number of aromatic nitrogens is 2. The van der Waals surface area contributed by atoms with Gasteiger partial charge in [0.2, 0.25) is 0 Å². The van der Waals surface area contributed by atoms with Crippen LogP contribution in [0.15, 0.2) is 48.7 Å². The molecule has 8 heteroatoms. The van der Waals surface area contributed by atoms with Crippen LogP contribution in [0.3, 0.4) is 0 Å². The molecule has 5 rings (SSSR count). The average molecular weight is 500 g/mol. The Hall–Kier alpha value is -2.64. The lowest BCUT2D eigenvalue weighted by Gasteiger charge is -2.36. The van der Waals surface area contributed by atoms with E-state index in [9.17, 15) is 8.78 Å². The molecule has 2 aliphatic heterocycles. The summed E-state index contributed by atoms with van der Waals surface area (Å²) in [4.78, 5) is 7.05. The van der Waals surface area contributed by atoms with Crippen LogP contribution in [0.25, 0.3) is 11.1 Å². The molecule has 0 aliphatic carbocycles. The third kappa shape index (κ3) is 5.02. The van der Waals surface area contributed by atoms with Gasteiger partial charge in [0.1, 0.15) is 5.69 Å². The Labute approximate surface area is 210 Å². The Morgan fingerprint density at radius 3 is 2.43 bits per heavy atom. The maximum absolute atomic E-state index is 13.7. The van der Waals surface area contributed by atoms with Gasteiger partial charge in [-0.05, 0) is 62.2 Å². The van der Waals surface area contributed by atoms with E-state index < -0.39 is 6.43 Å². The van der Waals surface area contributed by atoms with Crippen LogP contribution in [0, 0.1) is 6.92 Å². The van der Waals surface area contributed by atoms with Crippen molar-refractivity contribution >= 4 is 23.0 Å². The second-order valence-corrected chi connectivity index (χ2v) is 10.1. The Morgan fingerprint density at radius 2 is 1.71 bits per heavy atom. The third-order valence-electron chi connectivity index (χ3n) is 7.32. The zero-order valence-electron chi connectivity index (χ0n) is 20.3. The molecule has 1 aromatic heterocycles. The van der Waals surface area contributed by atoms with Gasteiger partial charge in [-0.2, -0.15) is 5.10 Å². The number of nitrogens with zero attached hydrogens (tertiary/aromatic N) is 5. The normalized spacial score (nSPS) is 19.5. The lowest BCUT2D eigenvalue weighted by Crippen LogP contribution is -2.44. The van der Waals surface area contributed by atoms with Crippen molar-refractivity contribution in [2.24, 2.45) is 0 Å². The topological polar surface area (TPSA) is 27.5 Å². The first-order valence-electron chi connectivity index (χ1n) is 12.3. The fourth-order valence-electron chi connectivity index (χ4n) is 5.32. The average Bonchev–Trinajstić information content (AvgIpc) is 3.26. The number of alkyl halides is 2. The maximum Gasteiger partial charge on any atom is 0.280 e. The molecule has 0 amide bonds. The van der Waals surface area contributed by atoms with Gasteiger partial charge in [-0.15, -0.1) is 0 Å². The summed E-state index contributed by atoms with van der Waals surface area (Å²) in [6.45, 7) is 7.38. The van der Waals surface area contributed by atoms with Crippen molar-refractivity contribution in [3.8, 4) is 11.1 Å². The third-order valence-corrected chi connectivity index (χ3v) is 7.56. The number of aryl methyl sites for hydroxylation is 1. The lowest BCUT2D eigenvalue weighted by atomic mass is 9.99. The summed E-state index contributed by atoms with van der Waals surface area (Å²) in [7, 11) is 2.16. The standard InChI is InChI=1S/C27H32ClF2N5/c1-19-17-31-35(26(19)27(29)30)23-4-3-11-34(18-23)25-16-21(28)7-10-24(25)20-5-8-22(9-6-20)33-14-12-32(2)13-15-33/h5-10,16-17,23,27H,3-4,11-15,18H2,1-2H3. The molecule has 1 unspecified atom stereocenters. The summed E-state index contributed by atoms with van der Waals surface area (Å²) in [5, 5.41) is 4.99. The molecule has 3 aromatic rings. The van der Waals surface area contributed by atoms with E-state index in [1.54, 1.807) is 17.8 Å². The molecule has 186 valence electrons. The van der Waals surface area contributed by atoms with Crippen LogP contribution in [0.5, 0.6) is 0 Å². The SMILES string of the molecule is Cc1cnn(C2CCCN(c3cc(Cl)ccc3-c3ccc(N4CCN(C)CC4)cc3)C2)c1C(F)F. The van der Waals surface area contributed by atoms with Gasteiger partial charge in [0, 0.05) is 61.2 Å². The molecule has 0 spiro atoms. The van der Waals surface area contributed by atoms with Gasteiger partial charge in [0.15, 0.2) is 0 Å². The minimum atomic E-state index is -2.53. The molecule has 0 radical (unpaired) electrons. The predicted molar refractivity (Wildman–Crippen MR) is 139 cm³/mol. The summed E-state index contributed by atoms with van der Waals surface area (Å²) >= 11 is 6.43. The number of benzene rings is 2. The van der Waals surface area contributed by atoms with Crippen LogP contribution >= 0.6 is 11.6 Å². The van der Waals surface area contributed by atoms with Crippen molar-refractivity contribution in [3.05, 3.63) is 64.9 Å². The molecule has 2 aliphatic rings. The van der Waals surface area contributed by atoms with Gasteiger partial charge in [0.25, 0.3) is 6.43 Å². The van der Waals surface area contributed by atoms with Crippen molar-refractivity contribution in [1.82, 2.24) is 14.7 Å². The highest BCUT2D eigenvalue weighted by molar-refractivity contribution is 6.31. The van der Waals surface area contributed by atoms with E-state index in [1.165, 1.54) is 5.69 Å². The van der Waals surface area contributed by atoms with Crippen LogP contribution in [0.2, 0.25) is 5.02 Å². The Bertz CT molecular complexity index is 1150. The minimum absolute atomic E-state index is 0.0302. The number of likely N-dealkylation sites (N-methyl/N-ethyl adjacent to an activating group) is 1. The van der Waals surface area contributed by atoms with Gasteiger partial charge in [-0.3, -0.25) is 4.68 Å². The van der Waals surface area contributed by atoms with Crippen molar-refractivity contribution in [1.29, 1.82) is 0 Å². The van der Waals surface area contributed by atoms with E-state index in [0.717, 1.165) is 62.4 Å². The summed E-state index contributed by atoms with van der Waals surface area (Å²) < 4.78 is 29.0. The zero-order valence-corrected chi connectivity index (χ0v) is 21.1. The van der Waals surface area contributed by atoms with Crippen LogP contribution in [0.4, 0.5) is 20.2 Å². The first-order chi connectivity index (χ1) is 16.9. The van der Waals surface area contributed by atoms with Crippen molar-refractivity contribution in [2.75, 3.05) is 56.1 Å². The number of hydrogen-bond donors (Lipinski definition) is 0. The fourth-order valence-corrected chi connectivity index (χ4v) is 5.49. The first-order valence-corrected chi connectivity index (χ1v) is 12.7. The van der Waals surface area contributed by atoms with Crippen LogP contribution in [-0.2, 0) is 0 Å². The lowest BCUT2D eigenvalue weighted by molar-refractivity contribution is 0.133. The number of anilines is 2. The van der Waals surface area contributed by atoms with Gasteiger partial charge in [0.05, 0.1) is 12.2 Å². The fraction of sp³-hybridized carbons (Fsp3) is 0.444. The summed E-state index contributed by atoms with van der Waals surface area (Å²) in [6, 6.07) is 14.6. The van der Waals surface area contributed by atoms with Gasteiger partial charge < -0.3 is 14.7 Å². The van der Waals surface area contributed by atoms with E-state index >= 15 is 0 Å². The highest BCUT2D eigenvalue weighted by Gasteiger charge is 2.28. The molecular weight excluding hydrogens is 468 g/mol. The molecule has 5 nitrogen and oxygen atoms in total. The Morgan fingerprint density at radius 1 is 0.971 bits per heavy atom. The summed E-state index contributed by atoms with van der Waals surface area (Å²) in [5.41, 5.74) is 5.08. The molecular formula is C27H32ClF2N5. The van der Waals surface area contributed by atoms with Crippen LogP contribution in [0.1, 0.15) is 36.6 Å². The summed E-state index contributed by atoms with van der Waals surface area (Å²) in [5.74, 6) is 0. The number of piperidine rings is 1. The molecule has 35 heavy (non-hydrogen) atoms. The van der Waals surface area contributed by atoms with E-state index in [4.69, 9.17) is 11.6 Å². The van der Waals surface area contributed by atoms with E-state index in [1.807, 2.05) is 12.1 Å². The highest BCUT2D eigenvalue weighted by atomic mass is 35.5. The monoisotopic (exact) mass is 499 g/mol. The first kappa shape index (κ1) is 24.1. The molecule has 2 fully saturated rings. The van der Waals surface area contributed by atoms with E-state index in [0.29, 0.717) is 17.1 Å². The molecule has 0 saturated carbocycles. The van der Waals surface area contributed by atoms with Gasteiger partial charge in [-0.25, -0.2) is 8.78 Å². The summed E-state index contributed by atoms with van der Waals surface area (Å²) in [6.07, 6.45) is 0.745. The Balaban J connectivity index is 1.41. The molecule has 0 bridgehead atoms. The van der Waals surface area contributed by atoms with Gasteiger partial charge in [-0.1, -0.05) is 29.8 Å². The van der Waals surface area contributed by atoms with Crippen LogP contribution < -0.4 is 9.80 Å². The smallest absolute Gasteiger partial charge is 0.280 e. The molecule has 0 N–H and O–H groups in total. The Kier molecular flexibility index (Phi) is 6.98. The van der Waals surface area contributed by atoms with Crippen molar-refractivity contribution in [3.63, 3.8) is 0 Å². The number of halogens is 3. The molecule has 3 heterocycles.